The molecule has 1 aromatic heterocycles. The number of fused-ring (bicyclic) bond motifs is 1. The first kappa shape index (κ1) is 17.8. The molecule has 2 aromatic carbocycles. The molecule has 0 atom stereocenters. The van der Waals surface area contributed by atoms with Crippen LogP contribution in [0.1, 0.15) is 16.7 Å². The minimum atomic E-state index is -4.35. The maximum Gasteiger partial charge on any atom is 0.416 e. The first-order valence-electron chi connectivity index (χ1n) is 7.91. The van der Waals surface area contributed by atoms with Crippen molar-refractivity contribution in [2.24, 2.45) is 0 Å². The molecule has 0 bridgehead atoms. The van der Waals surface area contributed by atoms with Crippen molar-refractivity contribution in [1.29, 1.82) is 0 Å². The second-order valence-corrected chi connectivity index (χ2v) is 5.69. The van der Waals surface area contributed by atoms with Crippen LogP contribution in [0, 0.1) is 11.8 Å². The molecule has 26 heavy (non-hydrogen) atoms. The number of hydrogen-bond donors (Lipinski definition) is 2. The topological polar surface area (TPSA) is 44.9 Å². The van der Waals surface area contributed by atoms with Gasteiger partial charge in [-0.05, 0) is 41.8 Å². The molecule has 0 saturated carbocycles. The normalized spacial score (nSPS) is 11.2. The van der Waals surface area contributed by atoms with Gasteiger partial charge in [-0.2, -0.15) is 13.2 Å². The second kappa shape index (κ2) is 7.46. The second-order valence-electron chi connectivity index (χ2n) is 5.69. The molecule has 1 heterocycles. The molecule has 2 N–H and O–H groups in total. The number of pyridine rings is 1. The van der Waals surface area contributed by atoms with Crippen molar-refractivity contribution in [2.45, 2.75) is 12.7 Å². The number of alkyl halides is 3. The van der Waals surface area contributed by atoms with Crippen molar-refractivity contribution < 1.29 is 13.2 Å². The number of hydrogen-bond acceptors (Lipinski definition) is 2. The number of nitrogens with one attached hydrogen (secondary N) is 2. The molecule has 132 valence electrons. The summed E-state index contributed by atoms with van der Waals surface area (Å²) in [7, 11) is 0. The fourth-order valence-corrected chi connectivity index (χ4v) is 2.47. The van der Waals surface area contributed by atoms with Crippen LogP contribution in [-0.4, -0.2) is 11.5 Å². The van der Waals surface area contributed by atoms with E-state index in [-0.39, 0.29) is 5.56 Å². The van der Waals surface area contributed by atoms with E-state index in [1.165, 1.54) is 12.1 Å². The van der Waals surface area contributed by atoms with E-state index in [0.717, 1.165) is 23.0 Å². The van der Waals surface area contributed by atoms with Gasteiger partial charge in [-0.1, -0.05) is 30.0 Å². The van der Waals surface area contributed by atoms with Gasteiger partial charge in [0.15, 0.2) is 0 Å². The van der Waals surface area contributed by atoms with E-state index < -0.39 is 11.7 Å². The number of H-pyrrole nitrogens is 1. The van der Waals surface area contributed by atoms with Gasteiger partial charge in [-0.3, -0.25) is 4.79 Å². The van der Waals surface area contributed by atoms with Crippen molar-refractivity contribution in [2.75, 3.05) is 6.54 Å². The van der Waals surface area contributed by atoms with Gasteiger partial charge in [0.1, 0.15) is 0 Å². The van der Waals surface area contributed by atoms with Crippen LogP contribution >= 0.6 is 0 Å². The summed E-state index contributed by atoms with van der Waals surface area (Å²) < 4.78 is 37.5. The number of aromatic amines is 1. The molecule has 6 heteroatoms. The number of rotatable bonds is 3. The summed E-state index contributed by atoms with van der Waals surface area (Å²) in [5, 5.41) is 3.98. The molecule has 0 fully saturated rings. The average molecular weight is 356 g/mol. The van der Waals surface area contributed by atoms with Crippen LogP contribution in [0.2, 0.25) is 0 Å². The molecule has 0 spiro atoms. The monoisotopic (exact) mass is 356 g/mol. The predicted molar refractivity (Wildman–Crippen MR) is 94.6 cm³/mol. The zero-order valence-electron chi connectivity index (χ0n) is 13.7. The van der Waals surface area contributed by atoms with Crippen LogP contribution in [0.3, 0.4) is 0 Å². The Morgan fingerprint density at radius 3 is 2.50 bits per heavy atom. The van der Waals surface area contributed by atoms with E-state index in [4.69, 9.17) is 0 Å². The molecule has 0 radical (unpaired) electrons. The molecule has 0 aliphatic carbocycles. The summed E-state index contributed by atoms with van der Waals surface area (Å²) in [4.78, 5) is 14.8. The van der Waals surface area contributed by atoms with Crippen molar-refractivity contribution in [1.82, 2.24) is 10.3 Å². The lowest BCUT2D eigenvalue weighted by molar-refractivity contribution is -0.137. The SMILES string of the molecule is O=c1[nH]c2ccccc2cc1CNCC#Cc1ccc(C(F)(F)F)cc1. The summed E-state index contributed by atoms with van der Waals surface area (Å²) in [6.07, 6.45) is -4.35. The van der Waals surface area contributed by atoms with Gasteiger partial charge in [0.2, 0.25) is 0 Å². The molecule has 0 aliphatic rings. The Morgan fingerprint density at radius 2 is 1.77 bits per heavy atom. The summed E-state index contributed by atoms with van der Waals surface area (Å²) in [6.45, 7) is 0.662. The van der Waals surface area contributed by atoms with Crippen molar-refractivity contribution in [3.8, 4) is 11.8 Å². The zero-order chi connectivity index (χ0) is 18.6. The highest BCUT2D eigenvalue weighted by molar-refractivity contribution is 5.78. The minimum absolute atomic E-state index is 0.160. The number of para-hydroxylation sites is 1. The maximum atomic E-state index is 12.5. The lowest BCUT2D eigenvalue weighted by Gasteiger charge is -2.05. The molecule has 0 unspecified atom stereocenters. The van der Waals surface area contributed by atoms with Crippen LogP contribution in [-0.2, 0) is 12.7 Å². The van der Waals surface area contributed by atoms with Crippen LogP contribution in [0.4, 0.5) is 13.2 Å². The number of halogens is 3. The van der Waals surface area contributed by atoms with Crippen LogP contribution in [0.25, 0.3) is 10.9 Å². The van der Waals surface area contributed by atoms with Gasteiger partial charge in [0.05, 0.1) is 12.1 Å². The summed E-state index contributed by atoms with van der Waals surface area (Å²) in [5.41, 5.74) is 1.02. The Labute approximate surface area is 147 Å². The third-order valence-corrected chi connectivity index (χ3v) is 3.80. The van der Waals surface area contributed by atoms with Gasteiger partial charge < -0.3 is 10.3 Å². The van der Waals surface area contributed by atoms with Gasteiger partial charge in [-0.25, -0.2) is 0 Å². The van der Waals surface area contributed by atoms with Crippen molar-refractivity contribution in [3.05, 3.63) is 81.6 Å². The molecular weight excluding hydrogens is 341 g/mol. The third kappa shape index (κ3) is 4.32. The maximum absolute atomic E-state index is 12.5. The molecule has 0 aliphatic heterocycles. The zero-order valence-corrected chi connectivity index (χ0v) is 13.7. The summed E-state index contributed by atoms with van der Waals surface area (Å²) in [6, 6.07) is 14.0. The Bertz CT molecular complexity index is 1030. The number of aromatic nitrogens is 1. The fraction of sp³-hybridized carbons (Fsp3) is 0.150. The largest absolute Gasteiger partial charge is 0.416 e. The molecule has 3 nitrogen and oxygen atoms in total. The molecule has 0 amide bonds. The Morgan fingerprint density at radius 1 is 1.04 bits per heavy atom. The third-order valence-electron chi connectivity index (χ3n) is 3.80. The minimum Gasteiger partial charge on any atom is -0.322 e. The fourth-order valence-electron chi connectivity index (χ4n) is 2.47. The Kier molecular flexibility index (Phi) is 5.10. The molecule has 0 saturated heterocycles. The summed E-state index contributed by atoms with van der Waals surface area (Å²) in [5.74, 6) is 5.62. The van der Waals surface area contributed by atoms with Crippen LogP contribution in [0.5, 0.6) is 0 Å². The molecule has 3 aromatic rings. The predicted octanol–water partition coefficient (Wildman–Crippen LogP) is 3.69. The Balaban J connectivity index is 1.59. The lowest BCUT2D eigenvalue weighted by Crippen LogP contribution is -2.21. The highest BCUT2D eigenvalue weighted by Gasteiger charge is 2.29. The number of benzene rings is 2. The van der Waals surface area contributed by atoms with Crippen LogP contribution < -0.4 is 10.9 Å². The first-order valence-corrected chi connectivity index (χ1v) is 7.91. The standard InChI is InChI=1S/C20H15F3N2O/c21-20(22,23)17-9-7-14(8-10-17)4-3-11-24-13-16-12-15-5-1-2-6-18(15)25-19(16)26/h1-2,5-10,12,24H,11,13H2,(H,25,26). The smallest absolute Gasteiger partial charge is 0.322 e. The van der Waals surface area contributed by atoms with E-state index in [2.05, 4.69) is 22.1 Å². The van der Waals surface area contributed by atoms with Crippen LogP contribution in [0.15, 0.2) is 59.4 Å². The van der Waals surface area contributed by atoms with E-state index in [0.29, 0.717) is 24.2 Å². The van der Waals surface area contributed by atoms with E-state index in [9.17, 15) is 18.0 Å². The summed E-state index contributed by atoms with van der Waals surface area (Å²) >= 11 is 0. The quantitative estimate of drug-likeness (QED) is 0.555. The highest BCUT2D eigenvalue weighted by atomic mass is 19.4. The van der Waals surface area contributed by atoms with E-state index >= 15 is 0 Å². The Hall–Kier alpha value is -3.04. The van der Waals surface area contributed by atoms with Crippen molar-refractivity contribution >= 4 is 10.9 Å². The van der Waals surface area contributed by atoms with Gasteiger partial charge in [-0.15, -0.1) is 0 Å². The van der Waals surface area contributed by atoms with E-state index in [1.807, 2.05) is 30.3 Å². The molecular formula is C20H15F3N2O. The van der Waals surface area contributed by atoms with Gasteiger partial charge in [0.25, 0.3) is 5.56 Å². The van der Waals surface area contributed by atoms with E-state index in [1.54, 1.807) is 0 Å². The van der Waals surface area contributed by atoms with Gasteiger partial charge >= 0.3 is 6.18 Å². The first-order chi connectivity index (χ1) is 12.4. The average Bonchev–Trinajstić information content (AvgIpc) is 2.61. The van der Waals surface area contributed by atoms with Crippen molar-refractivity contribution in [3.63, 3.8) is 0 Å². The van der Waals surface area contributed by atoms with Gasteiger partial charge in [0, 0.05) is 23.2 Å². The lowest BCUT2D eigenvalue weighted by atomic mass is 10.1. The highest BCUT2D eigenvalue weighted by Crippen LogP contribution is 2.28. The molecule has 3 rings (SSSR count).